The van der Waals surface area contributed by atoms with Crippen LogP contribution in [0.15, 0.2) is 24.3 Å². The van der Waals surface area contributed by atoms with E-state index in [0.717, 1.165) is 11.1 Å². The molecule has 8 heteroatoms. The van der Waals surface area contributed by atoms with Gasteiger partial charge in [0.05, 0.1) is 0 Å². The third-order valence-electron chi connectivity index (χ3n) is 2.94. The van der Waals surface area contributed by atoms with E-state index in [4.69, 9.17) is 10.5 Å². The first-order valence-corrected chi connectivity index (χ1v) is 7.39. The molecule has 1 heterocycles. The van der Waals surface area contributed by atoms with Gasteiger partial charge in [-0.1, -0.05) is 18.2 Å². The first-order valence-electron chi connectivity index (χ1n) is 7.39. The maximum atomic E-state index is 11.6. The number of carbonyl (C=O) groups is 1. The van der Waals surface area contributed by atoms with Crippen LogP contribution in [0.5, 0.6) is 0 Å². The van der Waals surface area contributed by atoms with Crippen LogP contribution in [-0.2, 0) is 11.2 Å². The highest BCUT2D eigenvalue weighted by molar-refractivity contribution is 5.67. The van der Waals surface area contributed by atoms with Gasteiger partial charge in [-0.3, -0.25) is 0 Å². The molecule has 4 N–H and O–H groups in total. The van der Waals surface area contributed by atoms with Gasteiger partial charge >= 0.3 is 6.09 Å². The Labute approximate surface area is 134 Å². The molecule has 1 unspecified atom stereocenters. The average molecular weight is 318 g/mol. The molecule has 0 aliphatic heterocycles. The summed E-state index contributed by atoms with van der Waals surface area (Å²) in [5.74, 6) is 0.535. The van der Waals surface area contributed by atoms with Crippen molar-refractivity contribution < 1.29 is 9.53 Å². The number of aromatic amines is 1. The van der Waals surface area contributed by atoms with E-state index in [1.165, 1.54) is 0 Å². The lowest BCUT2D eigenvalue weighted by molar-refractivity contribution is 0.0524. The van der Waals surface area contributed by atoms with Crippen molar-refractivity contribution in [2.45, 2.75) is 38.8 Å². The molecule has 1 aromatic carbocycles. The molecule has 2 rings (SSSR count). The number of amides is 1. The third-order valence-corrected chi connectivity index (χ3v) is 2.94. The second-order valence-corrected chi connectivity index (χ2v) is 6.28. The number of hydrogen-bond donors (Lipinski definition) is 3. The van der Waals surface area contributed by atoms with Crippen LogP contribution in [0, 0.1) is 0 Å². The minimum atomic E-state index is -0.521. The molecule has 1 atom stereocenters. The number of benzene rings is 1. The zero-order valence-electron chi connectivity index (χ0n) is 13.5. The lowest BCUT2D eigenvalue weighted by atomic mass is 10.0. The third kappa shape index (κ3) is 5.67. The van der Waals surface area contributed by atoms with Crippen LogP contribution in [0.1, 0.15) is 26.3 Å². The monoisotopic (exact) mass is 318 g/mol. The highest BCUT2D eigenvalue weighted by Crippen LogP contribution is 2.15. The highest BCUT2D eigenvalue weighted by atomic mass is 16.6. The molecular weight excluding hydrogens is 296 g/mol. The summed E-state index contributed by atoms with van der Waals surface area (Å²) in [6.07, 6.45) is 0.148. The molecule has 1 amide bonds. The Balaban J connectivity index is 1.87. The molecule has 0 saturated heterocycles. The first kappa shape index (κ1) is 16.9. The van der Waals surface area contributed by atoms with E-state index in [1.54, 1.807) is 0 Å². The molecule has 0 aliphatic carbocycles. The summed E-state index contributed by atoms with van der Waals surface area (Å²) in [6, 6.07) is 7.52. The number of H-pyrrole nitrogens is 1. The molecule has 1 aromatic heterocycles. The lowest BCUT2D eigenvalue weighted by Gasteiger charge is -2.20. The van der Waals surface area contributed by atoms with E-state index >= 15 is 0 Å². The SMILES string of the molecule is CC(C)(C)OC(=O)NCC(N)Cc1cccc(-c2nn[nH]n2)c1. The average Bonchev–Trinajstić information content (AvgIpc) is 2.98. The van der Waals surface area contributed by atoms with Gasteiger partial charge < -0.3 is 15.8 Å². The Morgan fingerprint density at radius 2 is 2.22 bits per heavy atom. The van der Waals surface area contributed by atoms with Crippen molar-refractivity contribution in [3.63, 3.8) is 0 Å². The number of tetrazole rings is 1. The van der Waals surface area contributed by atoms with E-state index < -0.39 is 11.7 Å². The van der Waals surface area contributed by atoms with Crippen LogP contribution in [0.3, 0.4) is 0 Å². The van der Waals surface area contributed by atoms with Crippen molar-refractivity contribution >= 4 is 6.09 Å². The fourth-order valence-corrected chi connectivity index (χ4v) is 2.03. The Hall–Kier alpha value is -2.48. The largest absolute Gasteiger partial charge is 0.444 e. The van der Waals surface area contributed by atoms with Gasteiger partial charge in [-0.15, -0.1) is 10.2 Å². The number of rotatable bonds is 5. The molecule has 23 heavy (non-hydrogen) atoms. The van der Waals surface area contributed by atoms with E-state index in [2.05, 4.69) is 25.9 Å². The maximum absolute atomic E-state index is 11.6. The summed E-state index contributed by atoms with van der Waals surface area (Å²) in [5.41, 5.74) is 7.44. The van der Waals surface area contributed by atoms with Crippen LogP contribution in [0.4, 0.5) is 4.79 Å². The van der Waals surface area contributed by atoms with Gasteiger partial charge in [0.15, 0.2) is 0 Å². The van der Waals surface area contributed by atoms with Crippen LogP contribution in [0.2, 0.25) is 0 Å². The Morgan fingerprint density at radius 3 is 2.87 bits per heavy atom. The molecular formula is C15H22N6O2. The summed E-state index contributed by atoms with van der Waals surface area (Å²) in [4.78, 5) is 11.6. The zero-order chi connectivity index (χ0) is 16.9. The van der Waals surface area contributed by atoms with Gasteiger partial charge in [0, 0.05) is 18.2 Å². The highest BCUT2D eigenvalue weighted by Gasteiger charge is 2.16. The summed E-state index contributed by atoms with van der Waals surface area (Å²) >= 11 is 0. The molecule has 0 radical (unpaired) electrons. The molecule has 0 spiro atoms. The smallest absolute Gasteiger partial charge is 0.407 e. The van der Waals surface area contributed by atoms with Gasteiger partial charge in [-0.05, 0) is 44.0 Å². The zero-order valence-corrected chi connectivity index (χ0v) is 13.5. The molecule has 8 nitrogen and oxygen atoms in total. The number of hydrogen-bond acceptors (Lipinski definition) is 6. The summed E-state index contributed by atoms with van der Waals surface area (Å²) in [5, 5.41) is 16.5. The van der Waals surface area contributed by atoms with Crippen molar-refractivity contribution in [1.82, 2.24) is 25.9 Å². The van der Waals surface area contributed by atoms with Gasteiger partial charge in [-0.2, -0.15) is 5.21 Å². The van der Waals surface area contributed by atoms with Gasteiger partial charge in [0.2, 0.25) is 5.82 Å². The van der Waals surface area contributed by atoms with Crippen molar-refractivity contribution in [3.05, 3.63) is 29.8 Å². The minimum Gasteiger partial charge on any atom is -0.444 e. The van der Waals surface area contributed by atoms with Crippen molar-refractivity contribution in [3.8, 4) is 11.4 Å². The van der Waals surface area contributed by atoms with E-state index in [9.17, 15) is 4.79 Å². The summed E-state index contributed by atoms with van der Waals surface area (Å²) in [7, 11) is 0. The molecule has 124 valence electrons. The molecule has 0 aliphatic rings. The van der Waals surface area contributed by atoms with Gasteiger partial charge in [0.1, 0.15) is 5.60 Å². The van der Waals surface area contributed by atoms with Gasteiger partial charge in [-0.25, -0.2) is 4.79 Å². The Morgan fingerprint density at radius 1 is 1.43 bits per heavy atom. The Bertz CT molecular complexity index is 636. The second kappa shape index (κ2) is 7.19. The van der Waals surface area contributed by atoms with Crippen LogP contribution < -0.4 is 11.1 Å². The fourth-order valence-electron chi connectivity index (χ4n) is 2.03. The maximum Gasteiger partial charge on any atom is 0.407 e. The topological polar surface area (TPSA) is 119 Å². The van der Waals surface area contributed by atoms with Crippen molar-refractivity contribution in [1.29, 1.82) is 0 Å². The molecule has 0 saturated carbocycles. The number of ether oxygens (including phenoxy) is 1. The standard InChI is InChI=1S/C15H22N6O2/c1-15(2,3)23-14(22)17-9-12(16)8-10-5-4-6-11(7-10)13-18-20-21-19-13/h4-7,12H,8-9,16H2,1-3H3,(H,17,22)(H,18,19,20,21). The second-order valence-electron chi connectivity index (χ2n) is 6.28. The number of aromatic nitrogens is 4. The first-order chi connectivity index (χ1) is 10.8. The minimum absolute atomic E-state index is 0.219. The van der Waals surface area contributed by atoms with E-state index in [1.807, 2.05) is 45.0 Å². The summed E-state index contributed by atoms with van der Waals surface area (Å²) < 4.78 is 5.17. The van der Waals surface area contributed by atoms with E-state index in [-0.39, 0.29) is 6.04 Å². The van der Waals surface area contributed by atoms with Crippen molar-refractivity contribution in [2.24, 2.45) is 5.73 Å². The molecule has 2 aromatic rings. The van der Waals surface area contributed by atoms with E-state index in [0.29, 0.717) is 18.8 Å². The van der Waals surface area contributed by atoms with Crippen LogP contribution >= 0.6 is 0 Å². The number of alkyl carbamates (subject to hydrolysis) is 1. The van der Waals surface area contributed by atoms with Crippen LogP contribution in [-0.4, -0.2) is 44.9 Å². The Kier molecular flexibility index (Phi) is 5.28. The predicted octanol–water partition coefficient (Wildman–Crippen LogP) is 1.26. The van der Waals surface area contributed by atoms with Gasteiger partial charge in [0.25, 0.3) is 0 Å². The fraction of sp³-hybridized carbons (Fsp3) is 0.467. The number of nitrogens with one attached hydrogen (secondary N) is 2. The number of nitrogens with zero attached hydrogens (tertiary/aromatic N) is 3. The lowest BCUT2D eigenvalue weighted by Crippen LogP contribution is -2.41. The predicted molar refractivity (Wildman–Crippen MR) is 85.5 cm³/mol. The van der Waals surface area contributed by atoms with Crippen LogP contribution in [0.25, 0.3) is 11.4 Å². The summed E-state index contributed by atoms with van der Waals surface area (Å²) in [6.45, 7) is 5.78. The normalized spacial score (nSPS) is 12.7. The molecule has 0 bridgehead atoms. The number of carbonyl (C=O) groups excluding carboxylic acids is 1. The molecule has 0 fully saturated rings. The van der Waals surface area contributed by atoms with Crippen molar-refractivity contribution in [2.75, 3.05) is 6.54 Å². The number of nitrogens with two attached hydrogens (primary N) is 1. The quantitative estimate of drug-likeness (QED) is 0.763.